The van der Waals surface area contributed by atoms with Crippen LogP contribution in [0.3, 0.4) is 0 Å². The van der Waals surface area contributed by atoms with Crippen molar-refractivity contribution in [2.75, 3.05) is 7.11 Å². The standard InChI is InChI=1S/C22H19BrN2O6/c1-12-18(21(27)28)19(25-22(29)24-12)14-10-15(23)20(16(11-14)30-2)31-17(26)9-8-13-6-4-3-5-7-13/h3-11,19H,1-2H3,(H,27,28)(H2,24,25,29)/b9-8+. The summed E-state index contributed by atoms with van der Waals surface area (Å²) < 4.78 is 11.1. The average Bonchev–Trinajstić information content (AvgIpc) is 2.73. The minimum atomic E-state index is -1.17. The number of methoxy groups -OCH3 is 1. The Morgan fingerprint density at radius 1 is 1.19 bits per heavy atom. The summed E-state index contributed by atoms with van der Waals surface area (Å²) in [5, 5.41) is 14.6. The second-order valence-corrected chi connectivity index (χ2v) is 7.43. The second-order valence-electron chi connectivity index (χ2n) is 6.57. The highest BCUT2D eigenvalue weighted by Crippen LogP contribution is 2.40. The van der Waals surface area contributed by atoms with E-state index in [-0.39, 0.29) is 22.8 Å². The minimum Gasteiger partial charge on any atom is -0.493 e. The first-order valence-corrected chi connectivity index (χ1v) is 9.93. The van der Waals surface area contributed by atoms with Crippen molar-refractivity contribution in [2.45, 2.75) is 13.0 Å². The smallest absolute Gasteiger partial charge is 0.336 e. The summed E-state index contributed by atoms with van der Waals surface area (Å²) in [5.74, 6) is -1.47. The van der Waals surface area contributed by atoms with Crippen LogP contribution in [0.25, 0.3) is 6.08 Å². The highest BCUT2D eigenvalue weighted by Gasteiger charge is 2.32. The molecule has 3 rings (SSSR count). The SMILES string of the molecule is COc1cc(C2NC(=O)NC(C)=C2C(=O)O)cc(Br)c1OC(=O)/C=C/c1ccccc1. The zero-order valence-corrected chi connectivity index (χ0v) is 18.2. The van der Waals surface area contributed by atoms with Crippen LogP contribution in [0.4, 0.5) is 4.79 Å². The van der Waals surface area contributed by atoms with Gasteiger partial charge in [0.15, 0.2) is 11.5 Å². The van der Waals surface area contributed by atoms with Gasteiger partial charge in [0.25, 0.3) is 0 Å². The number of amides is 2. The van der Waals surface area contributed by atoms with Gasteiger partial charge in [-0.25, -0.2) is 14.4 Å². The van der Waals surface area contributed by atoms with Crippen molar-refractivity contribution >= 4 is 40.0 Å². The van der Waals surface area contributed by atoms with Crippen LogP contribution in [0, 0.1) is 0 Å². The van der Waals surface area contributed by atoms with Gasteiger partial charge in [0.2, 0.25) is 0 Å². The van der Waals surface area contributed by atoms with Crippen LogP contribution in [0.1, 0.15) is 24.1 Å². The molecular formula is C22H19BrN2O6. The molecule has 9 heteroatoms. The Morgan fingerprint density at radius 3 is 2.55 bits per heavy atom. The first-order chi connectivity index (χ1) is 14.8. The van der Waals surface area contributed by atoms with Gasteiger partial charge >= 0.3 is 18.0 Å². The van der Waals surface area contributed by atoms with Gasteiger partial charge in [-0.2, -0.15) is 0 Å². The third kappa shape index (κ3) is 5.13. The molecule has 160 valence electrons. The molecule has 1 aliphatic heterocycles. The predicted molar refractivity (Wildman–Crippen MR) is 117 cm³/mol. The minimum absolute atomic E-state index is 0.0101. The summed E-state index contributed by atoms with van der Waals surface area (Å²) >= 11 is 3.34. The zero-order valence-electron chi connectivity index (χ0n) is 16.6. The second kappa shape index (κ2) is 9.48. The molecule has 8 nitrogen and oxygen atoms in total. The van der Waals surface area contributed by atoms with Gasteiger partial charge < -0.3 is 25.2 Å². The maximum Gasteiger partial charge on any atom is 0.336 e. The number of urea groups is 1. The van der Waals surface area contributed by atoms with Crippen LogP contribution < -0.4 is 20.1 Å². The molecule has 1 unspecified atom stereocenters. The first-order valence-electron chi connectivity index (χ1n) is 9.14. The summed E-state index contributed by atoms with van der Waals surface area (Å²) in [6, 6.07) is 10.9. The highest BCUT2D eigenvalue weighted by molar-refractivity contribution is 9.10. The third-order valence-electron chi connectivity index (χ3n) is 4.50. The number of benzene rings is 2. The van der Waals surface area contributed by atoms with E-state index in [1.807, 2.05) is 30.3 Å². The molecule has 0 radical (unpaired) electrons. The summed E-state index contributed by atoms with van der Waals surface area (Å²) in [4.78, 5) is 35.9. The number of carbonyl (C=O) groups excluding carboxylic acids is 2. The topological polar surface area (TPSA) is 114 Å². The van der Waals surface area contributed by atoms with Crippen molar-refractivity contribution in [2.24, 2.45) is 0 Å². The van der Waals surface area contributed by atoms with E-state index in [9.17, 15) is 19.5 Å². The third-order valence-corrected chi connectivity index (χ3v) is 5.09. The van der Waals surface area contributed by atoms with Crippen LogP contribution in [0.15, 0.2) is 64.3 Å². The van der Waals surface area contributed by atoms with E-state index < -0.39 is 24.0 Å². The molecule has 0 aliphatic carbocycles. The maximum atomic E-state index is 12.3. The van der Waals surface area contributed by atoms with Gasteiger partial charge in [-0.3, -0.25) is 0 Å². The summed E-state index contributed by atoms with van der Waals surface area (Å²) in [5.41, 5.74) is 1.50. The van der Waals surface area contributed by atoms with Crippen LogP contribution in [-0.2, 0) is 9.59 Å². The van der Waals surface area contributed by atoms with Crippen LogP contribution >= 0.6 is 15.9 Å². The molecule has 1 aliphatic rings. The van der Waals surface area contributed by atoms with Gasteiger partial charge in [0.05, 0.1) is 23.2 Å². The number of hydrogen-bond donors (Lipinski definition) is 3. The van der Waals surface area contributed by atoms with E-state index in [1.54, 1.807) is 12.1 Å². The zero-order chi connectivity index (χ0) is 22.5. The normalized spacial score (nSPS) is 16.0. The Balaban J connectivity index is 1.90. The fraction of sp³-hybridized carbons (Fsp3) is 0.136. The molecule has 0 bridgehead atoms. The van der Waals surface area contributed by atoms with Crippen molar-refractivity contribution in [3.05, 3.63) is 75.4 Å². The Hall–Kier alpha value is -3.59. The molecule has 0 saturated carbocycles. The lowest BCUT2D eigenvalue weighted by Crippen LogP contribution is -2.45. The fourth-order valence-corrected chi connectivity index (χ4v) is 3.64. The number of allylic oxidation sites excluding steroid dienone is 1. The molecule has 0 fully saturated rings. The number of halogens is 1. The van der Waals surface area contributed by atoms with Crippen molar-refractivity contribution in [1.82, 2.24) is 10.6 Å². The van der Waals surface area contributed by atoms with Crippen molar-refractivity contribution < 1.29 is 29.0 Å². The Labute approximate surface area is 186 Å². The quantitative estimate of drug-likeness (QED) is 0.325. The number of aliphatic carboxylic acids is 1. The lowest BCUT2D eigenvalue weighted by molar-refractivity contribution is -0.133. The fourth-order valence-electron chi connectivity index (χ4n) is 3.10. The Kier molecular flexibility index (Phi) is 6.76. The highest BCUT2D eigenvalue weighted by atomic mass is 79.9. The number of hydrogen-bond acceptors (Lipinski definition) is 5. The first kappa shape index (κ1) is 22.1. The average molecular weight is 487 g/mol. The molecular weight excluding hydrogens is 468 g/mol. The van der Waals surface area contributed by atoms with E-state index >= 15 is 0 Å². The van der Waals surface area contributed by atoms with E-state index in [4.69, 9.17) is 9.47 Å². The number of ether oxygens (including phenoxy) is 2. The largest absolute Gasteiger partial charge is 0.493 e. The molecule has 0 saturated heterocycles. The van der Waals surface area contributed by atoms with Crippen LogP contribution in [-0.4, -0.2) is 30.2 Å². The molecule has 2 amide bonds. The van der Waals surface area contributed by atoms with E-state index in [1.165, 1.54) is 26.2 Å². The Bertz CT molecular complexity index is 1090. The number of esters is 1. The number of carboxylic acids is 1. The van der Waals surface area contributed by atoms with Crippen molar-refractivity contribution in [3.63, 3.8) is 0 Å². The maximum absolute atomic E-state index is 12.3. The number of nitrogens with one attached hydrogen (secondary N) is 2. The van der Waals surface area contributed by atoms with E-state index in [0.717, 1.165) is 5.56 Å². The molecule has 0 spiro atoms. The van der Waals surface area contributed by atoms with E-state index in [0.29, 0.717) is 10.0 Å². The summed E-state index contributed by atoms with van der Waals surface area (Å²) in [6.45, 7) is 1.51. The number of carboxylic acid groups (broad SMARTS) is 1. The van der Waals surface area contributed by atoms with Crippen molar-refractivity contribution in [1.29, 1.82) is 0 Å². The van der Waals surface area contributed by atoms with E-state index in [2.05, 4.69) is 26.6 Å². The molecule has 1 heterocycles. The molecule has 2 aromatic carbocycles. The summed E-state index contributed by atoms with van der Waals surface area (Å²) in [7, 11) is 1.39. The van der Waals surface area contributed by atoms with Gasteiger partial charge in [0, 0.05) is 11.8 Å². The number of rotatable bonds is 6. The van der Waals surface area contributed by atoms with Gasteiger partial charge in [-0.15, -0.1) is 0 Å². The molecule has 3 N–H and O–H groups in total. The van der Waals surface area contributed by atoms with Crippen LogP contribution in [0.5, 0.6) is 11.5 Å². The predicted octanol–water partition coefficient (Wildman–Crippen LogP) is 3.79. The van der Waals surface area contributed by atoms with Crippen molar-refractivity contribution in [3.8, 4) is 11.5 Å². The molecule has 2 aromatic rings. The lowest BCUT2D eigenvalue weighted by Gasteiger charge is -2.27. The van der Waals surface area contributed by atoms with Crippen LogP contribution in [0.2, 0.25) is 0 Å². The lowest BCUT2D eigenvalue weighted by atomic mass is 9.95. The monoisotopic (exact) mass is 486 g/mol. The summed E-state index contributed by atoms with van der Waals surface area (Å²) in [6.07, 6.45) is 2.91. The Morgan fingerprint density at radius 2 is 1.90 bits per heavy atom. The molecule has 1 atom stereocenters. The van der Waals surface area contributed by atoms with Gasteiger partial charge in [-0.05, 0) is 52.2 Å². The number of carbonyl (C=O) groups is 3. The molecule has 0 aromatic heterocycles. The van der Waals surface area contributed by atoms with Gasteiger partial charge in [-0.1, -0.05) is 30.3 Å². The van der Waals surface area contributed by atoms with Gasteiger partial charge in [0.1, 0.15) is 0 Å². The molecule has 31 heavy (non-hydrogen) atoms.